The summed E-state index contributed by atoms with van der Waals surface area (Å²) in [5, 5.41) is 22.0. The van der Waals surface area contributed by atoms with Gasteiger partial charge in [0.2, 0.25) is 5.91 Å². The summed E-state index contributed by atoms with van der Waals surface area (Å²) < 4.78 is 0.975. The van der Waals surface area contributed by atoms with Gasteiger partial charge in [0.1, 0.15) is 17.8 Å². The van der Waals surface area contributed by atoms with E-state index in [1.54, 1.807) is 24.6 Å². The molecular weight excluding hydrogens is 393 g/mol. The minimum Gasteiger partial charge on any atom is -0.548 e. The van der Waals surface area contributed by atoms with E-state index >= 15 is 0 Å². The average Bonchev–Trinajstić information content (AvgIpc) is 3.07. The summed E-state index contributed by atoms with van der Waals surface area (Å²) in [4.78, 5) is 30.0. The van der Waals surface area contributed by atoms with Crippen LogP contribution in [0, 0.1) is 5.92 Å². The number of carbonyl (C=O) groups is 2. The summed E-state index contributed by atoms with van der Waals surface area (Å²) in [7, 11) is 0. The van der Waals surface area contributed by atoms with E-state index in [2.05, 4.69) is 11.6 Å². The van der Waals surface area contributed by atoms with E-state index in [4.69, 9.17) is 0 Å². The number of hydrogen-bond acceptors (Lipinski definition) is 6. The number of fused-ring (bicyclic) bond motifs is 2. The third kappa shape index (κ3) is 3.04. The number of aliphatic hydroxyl groups is 1. The minimum atomic E-state index is -1.27. The summed E-state index contributed by atoms with van der Waals surface area (Å²) in [6.45, 7) is 7.31. The van der Waals surface area contributed by atoms with E-state index in [0.717, 1.165) is 5.52 Å². The number of carboxylic acid groups (broad SMARTS) is 1. The summed E-state index contributed by atoms with van der Waals surface area (Å²) in [5.41, 5.74) is 1.48. The molecule has 2 saturated heterocycles. The van der Waals surface area contributed by atoms with Gasteiger partial charge < -0.3 is 24.5 Å². The van der Waals surface area contributed by atoms with Gasteiger partial charge in [0.25, 0.3) is 0 Å². The Balaban J connectivity index is 0.00000210. The molecule has 1 amide bonds. The molecule has 0 unspecified atom stereocenters. The van der Waals surface area contributed by atoms with Crippen molar-refractivity contribution in [2.45, 2.75) is 36.1 Å². The van der Waals surface area contributed by atoms with Crippen LogP contribution in [0.3, 0.4) is 0 Å². The summed E-state index contributed by atoms with van der Waals surface area (Å²) in [6.07, 6.45) is 0.391. The maximum Gasteiger partial charge on any atom is 1.00 e. The molecule has 0 radical (unpaired) electrons. The first kappa shape index (κ1) is 21.0. The fourth-order valence-electron chi connectivity index (χ4n) is 3.94. The molecule has 0 bridgehead atoms. The molecule has 136 valence electrons. The first-order valence-electron chi connectivity index (χ1n) is 8.26. The van der Waals surface area contributed by atoms with Crippen molar-refractivity contribution in [3.05, 3.63) is 36.7 Å². The molecule has 4 atom stereocenters. The molecular formula is C18H18KN3O4S. The third-order valence-corrected chi connectivity index (χ3v) is 6.71. The number of carbonyl (C=O) groups excluding carboxylic acids is 2. The number of β-lactam (4-membered cyclic amide) rings is 1. The van der Waals surface area contributed by atoms with E-state index < -0.39 is 40.1 Å². The van der Waals surface area contributed by atoms with Crippen LogP contribution in [0.2, 0.25) is 0 Å². The maximum atomic E-state index is 12.7. The van der Waals surface area contributed by atoms with Crippen molar-refractivity contribution in [3.8, 4) is 0 Å². The zero-order chi connectivity index (χ0) is 18.8. The zero-order valence-corrected chi connectivity index (χ0v) is 19.3. The van der Waals surface area contributed by atoms with Gasteiger partial charge in [0, 0.05) is 10.9 Å². The predicted octanol–water partition coefficient (Wildman–Crippen LogP) is -2.40. The van der Waals surface area contributed by atoms with Gasteiger partial charge in [-0.25, -0.2) is 4.98 Å². The monoisotopic (exact) mass is 411 g/mol. The number of para-hydroxylation sites is 2. The molecule has 9 heteroatoms. The Morgan fingerprint density at radius 2 is 2.11 bits per heavy atom. The van der Waals surface area contributed by atoms with Gasteiger partial charge in [0.05, 0.1) is 28.4 Å². The van der Waals surface area contributed by atoms with Crippen LogP contribution in [-0.2, 0) is 9.59 Å². The topological polar surface area (TPSA) is 98.5 Å². The van der Waals surface area contributed by atoms with Crippen molar-refractivity contribution < 1.29 is 71.2 Å². The van der Waals surface area contributed by atoms with E-state index in [9.17, 15) is 19.8 Å². The number of aromatic nitrogens is 2. The van der Waals surface area contributed by atoms with Crippen LogP contribution in [0.15, 0.2) is 30.8 Å². The standard InChI is InChI=1S/C18H19N3O4S.K/c1-4-20-10-8-6-5-7-9(10)19-14(20)12(22)11-15(23)21-13(17(24)25)18(2,3)26-16(11)21;/h4-8,11-13,16,22H,1H2,2-3H3,(H,24,25);/q;+1/p-1/t11-,12+,13+,16-;/m1./s1. The van der Waals surface area contributed by atoms with Gasteiger partial charge in [0.15, 0.2) is 0 Å². The number of imidazole rings is 1. The summed E-state index contributed by atoms with van der Waals surface area (Å²) in [6, 6.07) is 6.37. The van der Waals surface area contributed by atoms with E-state index in [1.165, 1.54) is 16.7 Å². The van der Waals surface area contributed by atoms with Crippen LogP contribution < -0.4 is 56.5 Å². The molecule has 1 aromatic carbocycles. The first-order chi connectivity index (χ1) is 12.3. The van der Waals surface area contributed by atoms with Crippen molar-refractivity contribution >= 4 is 40.9 Å². The number of hydrogen-bond donors (Lipinski definition) is 1. The summed E-state index contributed by atoms with van der Waals surface area (Å²) >= 11 is 1.37. The van der Waals surface area contributed by atoms with Gasteiger partial charge in [-0.2, -0.15) is 0 Å². The van der Waals surface area contributed by atoms with Gasteiger partial charge in [-0.15, -0.1) is 11.8 Å². The Labute approximate surface area is 203 Å². The second-order valence-electron chi connectivity index (χ2n) is 7.06. The number of nitrogens with zero attached hydrogens (tertiary/aromatic N) is 3. The van der Waals surface area contributed by atoms with Crippen LogP contribution in [0.1, 0.15) is 25.8 Å². The smallest absolute Gasteiger partial charge is 0.548 e. The largest absolute Gasteiger partial charge is 1.00 e. The Morgan fingerprint density at radius 3 is 2.74 bits per heavy atom. The van der Waals surface area contributed by atoms with Crippen molar-refractivity contribution in [2.75, 3.05) is 0 Å². The van der Waals surface area contributed by atoms with Crippen molar-refractivity contribution in [1.82, 2.24) is 14.5 Å². The Bertz CT molecular complexity index is 944. The first-order valence-corrected chi connectivity index (χ1v) is 9.14. The number of carboxylic acids is 1. The number of benzene rings is 1. The van der Waals surface area contributed by atoms with Crippen molar-refractivity contribution in [3.63, 3.8) is 0 Å². The molecule has 0 saturated carbocycles. The molecule has 1 N–H and O–H groups in total. The molecule has 3 heterocycles. The van der Waals surface area contributed by atoms with Crippen LogP contribution in [-0.4, -0.2) is 47.6 Å². The number of aliphatic hydroxyl groups excluding tert-OH is 1. The molecule has 2 fully saturated rings. The van der Waals surface area contributed by atoms with E-state index in [1.807, 2.05) is 24.3 Å². The summed E-state index contributed by atoms with van der Waals surface area (Å²) in [5.74, 6) is -2.09. The van der Waals surface area contributed by atoms with E-state index in [-0.39, 0.29) is 51.4 Å². The van der Waals surface area contributed by atoms with Crippen LogP contribution in [0.25, 0.3) is 17.2 Å². The van der Waals surface area contributed by atoms with Crippen molar-refractivity contribution in [1.29, 1.82) is 0 Å². The van der Waals surface area contributed by atoms with Gasteiger partial charge in [-0.3, -0.25) is 4.79 Å². The Morgan fingerprint density at radius 1 is 1.44 bits per heavy atom. The Hall–Kier alpha value is -0.684. The second kappa shape index (κ2) is 7.29. The van der Waals surface area contributed by atoms with Crippen molar-refractivity contribution in [2.24, 2.45) is 5.92 Å². The van der Waals surface area contributed by atoms with Gasteiger partial charge in [-0.05, 0) is 26.0 Å². The molecule has 0 aliphatic carbocycles. The molecule has 27 heavy (non-hydrogen) atoms. The molecule has 0 spiro atoms. The molecule has 7 nitrogen and oxygen atoms in total. The number of amides is 1. The second-order valence-corrected chi connectivity index (χ2v) is 8.83. The van der Waals surface area contributed by atoms with Crippen LogP contribution in [0.4, 0.5) is 0 Å². The fourth-order valence-corrected chi connectivity index (χ4v) is 5.65. The van der Waals surface area contributed by atoms with Crippen LogP contribution in [0.5, 0.6) is 0 Å². The Kier molecular flexibility index (Phi) is 5.68. The number of aliphatic carboxylic acids is 1. The maximum absolute atomic E-state index is 12.7. The van der Waals surface area contributed by atoms with E-state index in [0.29, 0.717) is 11.3 Å². The molecule has 2 aliphatic heterocycles. The number of thioether (sulfide) groups is 1. The normalized spacial score (nSPS) is 26.9. The number of rotatable bonds is 4. The molecule has 2 aliphatic rings. The van der Waals surface area contributed by atoms with Crippen LogP contribution >= 0.6 is 11.8 Å². The minimum absolute atomic E-state index is 0. The van der Waals surface area contributed by atoms with Gasteiger partial charge >= 0.3 is 51.4 Å². The fraction of sp³-hybridized carbons (Fsp3) is 0.389. The molecule has 2 aromatic rings. The quantitative estimate of drug-likeness (QED) is 0.445. The molecule has 4 rings (SSSR count). The zero-order valence-electron chi connectivity index (χ0n) is 15.3. The SMILES string of the molecule is C=Cn1c([C@@H](O)[C@@H]2C(=O)N3[C@@H]2SC(C)(C)[C@@H]3C(=O)[O-])nc2ccccc21.[K+]. The average molecular weight is 412 g/mol. The van der Waals surface area contributed by atoms with Gasteiger partial charge in [-0.1, -0.05) is 18.7 Å². The third-order valence-electron chi connectivity index (χ3n) is 5.12. The molecule has 1 aromatic heterocycles. The predicted molar refractivity (Wildman–Crippen MR) is 95.7 cm³/mol.